The second kappa shape index (κ2) is 5.76. The monoisotopic (exact) mass is 286 g/mol. The van der Waals surface area contributed by atoms with Crippen molar-refractivity contribution in [3.05, 3.63) is 59.1 Å². The van der Waals surface area contributed by atoms with E-state index in [-0.39, 0.29) is 0 Å². The van der Waals surface area contributed by atoms with Crippen molar-refractivity contribution >= 4 is 23.0 Å². The van der Waals surface area contributed by atoms with Crippen molar-refractivity contribution in [1.29, 1.82) is 0 Å². The van der Waals surface area contributed by atoms with Crippen LogP contribution in [0.4, 0.5) is 11.4 Å². The first-order valence-electron chi connectivity index (χ1n) is 7.08. The van der Waals surface area contributed by atoms with Crippen molar-refractivity contribution in [3.8, 4) is 0 Å². The van der Waals surface area contributed by atoms with Crippen LogP contribution in [0.5, 0.6) is 0 Å². The van der Waals surface area contributed by atoms with E-state index in [1.54, 1.807) is 0 Å². The minimum Gasteiger partial charge on any atom is -0.383 e. The molecule has 0 radical (unpaired) electrons. The summed E-state index contributed by atoms with van der Waals surface area (Å²) in [6, 6.07) is 17.2. The molecule has 2 aromatic carbocycles. The lowest BCUT2D eigenvalue weighted by atomic mass is 10.1. The Morgan fingerprint density at radius 3 is 2.70 bits per heavy atom. The Morgan fingerprint density at radius 1 is 1.15 bits per heavy atom. The maximum Gasteiger partial charge on any atom is 0.0407 e. The summed E-state index contributed by atoms with van der Waals surface area (Å²) in [6.07, 6.45) is 1.15. The number of rotatable bonds is 4. The number of fused-ring (bicyclic) bond motifs is 1. The van der Waals surface area contributed by atoms with Gasteiger partial charge in [-0.15, -0.1) is 0 Å². The highest BCUT2D eigenvalue weighted by molar-refractivity contribution is 6.30. The fourth-order valence-electron chi connectivity index (χ4n) is 2.86. The molecule has 1 aliphatic rings. The normalized spacial score (nSPS) is 17.1. The number of anilines is 2. The second-order valence-corrected chi connectivity index (χ2v) is 5.75. The molecule has 1 aliphatic heterocycles. The molecule has 104 valence electrons. The second-order valence-electron chi connectivity index (χ2n) is 5.31. The largest absolute Gasteiger partial charge is 0.383 e. The molecule has 2 aromatic rings. The van der Waals surface area contributed by atoms with E-state index in [1.807, 2.05) is 24.3 Å². The predicted octanol–water partition coefficient (Wildman–Crippen LogP) is 4.20. The van der Waals surface area contributed by atoms with E-state index < -0.39 is 0 Å². The molecule has 0 fully saturated rings. The van der Waals surface area contributed by atoms with Gasteiger partial charge in [-0.25, -0.2) is 0 Å². The summed E-state index contributed by atoms with van der Waals surface area (Å²) < 4.78 is 0. The molecule has 3 heteroatoms. The highest BCUT2D eigenvalue weighted by atomic mass is 35.5. The quantitative estimate of drug-likeness (QED) is 0.906. The molecule has 0 bridgehead atoms. The van der Waals surface area contributed by atoms with Gasteiger partial charge in [0.15, 0.2) is 0 Å². The zero-order valence-corrected chi connectivity index (χ0v) is 12.4. The molecule has 1 atom stereocenters. The molecule has 20 heavy (non-hydrogen) atoms. The maximum atomic E-state index is 5.89. The van der Waals surface area contributed by atoms with Crippen molar-refractivity contribution in [2.24, 2.45) is 0 Å². The topological polar surface area (TPSA) is 15.3 Å². The average Bonchev–Trinajstić information content (AvgIpc) is 2.77. The molecule has 1 heterocycles. The first-order valence-corrected chi connectivity index (χ1v) is 7.46. The summed E-state index contributed by atoms with van der Waals surface area (Å²) in [5.41, 5.74) is 3.97. The fraction of sp³-hybridized carbons (Fsp3) is 0.294. The molecule has 0 amide bonds. The summed E-state index contributed by atoms with van der Waals surface area (Å²) in [7, 11) is 0. The van der Waals surface area contributed by atoms with Crippen LogP contribution in [-0.2, 0) is 6.42 Å². The van der Waals surface area contributed by atoms with E-state index in [2.05, 4.69) is 41.4 Å². The molecule has 2 nitrogen and oxygen atoms in total. The van der Waals surface area contributed by atoms with Crippen molar-refractivity contribution in [1.82, 2.24) is 0 Å². The molecule has 0 aromatic heterocycles. The van der Waals surface area contributed by atoms with Gasteiger partial charge in [0, 0.05) is 35.5 Å². The zero-order valence-electron chi connectivity index (χ0n) is 11.6. The van der Waals surface area contributed by atoms with Gasteiger partial charge >= 0.3 is 0 Å². The number of nitrogens with zero attached hydrogens (tertiary/aromatic N) is 1. The van der Waals surface area contributed by atoms with Gasteiger partial charge in [0.2, 0.25) is 0 Å². The number of hydrogen-bond acceptors (Lipinski definition) is 2. The SMILES string of the molecule is CC1Cc2ccccc2N1CCNc1ccc(Cl)cc1. The molecule has 3 rings (SSSR count). The minimum absolute atomic E-state index is 0.583. The Bertz CT molecular complexity index is 580. The Hall–Kier alpha value is -1.67. The maximum absolute atomic E-state index is 5.89. The van der Waals surface area contributed by atoms with Crippen LogP contribution in [0, 0.1) is 0 Å². The number of hydrogen-bond donors (Lipinski definition) is 1. The van der Waals surface area contributed by atoms with Crippen molar-refractivity contribution in [2.45, 2.75) is 19.4 Å². The summed E-state index contributed by atoms with van der Waals surface area (Å²) >= 11 is 5.89. The third-order valence-corrected chi connectivity index (χ3v) is 4.13. The molecular formula is C17H19ClN2. The van der Waals surface area contributed by atoms with Crippen LogP contribution in [0.25, 0.3) is 0 Å². The molecule has 0 saturated carbocycles. The fourth-order valence-corrected chi connectivity index (χ4v) is 2.98. The van der Waals surface area contributed by atoms with Crippen LogP contribution in [0.3, 0.4) is 0 Å². The first-order chi connectivity index (χ1) is 9.74. The van der Waals surface area contributed by atoms with Gasteiger partial charge in [0.25, 0.3) is 0 Å². The van der Waals surface area contributed by atoms with Crippen LogP contribution < -0.4 is 10.2 Å². The summed E-state index contributed by atoms with van der Waals surface area (Å²) in [6.45, 7) is 4.24. The third-order valence-electron chi connectivity index (χ3n) is 3.87. The lowest BCUT2D eigenvalue weighted by molar-refractivity contribution is 0.681. The highest BCUT2D eigenvalue weighted by Crippen LogP contribution is 2.31. The van der Waals surface area contributed by atoms with Crippen molar-refractivity contribution in [3.63, 3.8) is 0 Å². The lowest BCUT2D eigenvalue weighted by Gasteiger charge is -2.25. The van der Waals surface area contributed by atoms with Gasteiger partial charge in [-0.2, -0.15) is 0 Å². The molecule has 1 unspecified atom stereocenters. The van der Waals surface area contributed by atoms with E-state index in [9.17, 15) is 0 Å². The smallest absolute Gasteiger partial charge is 0.0407 e. The van der Waals surface area contributed by atoms with Gasteiger partial charge < -0.3 is 10.2 Å². The van der Waals surface area contributed by atoms with Gasteiger partial charge in [-0.3, -0.25) is 0 Å². The van der Waals surface area contributed by atoms with Gasteiger partial charge in [-0.1, -0.05) is 29.8 Å². The molecule has 0 aliphatic carbocycles. The van der Waals surface area contributed by atoms with Crippen LogP contribution in [0.2, 0.25) is 5.02 Å². The summed E-state index contributed by atoms with van der Waals surface area (Å²) in [5.74, 6) is 0. The number of halogens is 1. The van der Waals surface area contributed by atoms with Gasteiger partial charge in [-0.05, 0) is 49.2 Å². The van der Waals surface area contributed by atoms with Gasteiger partial charge in [0.1, 0.15) is 0 Å². The van der Waals surface area contributed by atoms with Crippen LogP contribution >= 0.6 is 11.6 Å². The number of para-hydroxylation sites is 1. The van der Waals surface area contributed by atoms with E-state index >= 15 is 0 Å². The minimum atomic E-state index is 0.583. The van der Waals surface area contributed by atoms with Crippen LogP contribution in [0.15, 0.2) is 48.5 Å². The Labute approximate surface area is 125 Å². The Balaban J connectivity index is 1.60. The van der Waals surface area contributed by atoms with E-state index in [0.29, 0.717) is 6.04 Å². The lowest BCUT2D eigenvalue weighted by Crippen LogP contribution is -2.33. The third kappa shape index (κ3) is 2.75. The first kappa shape index (κ1) is 13.3. The highest BCUT2D eigenvalue weighted by Gasteiger charge is 2.24. The van der Waals surface area contributed by atoms with Crippen LogP contribution in [-0.4, -0.2) is 19.1 Å². The van der Waals surface area contributed by atoms with E-state index in [1.165, 1.54) is 11.3 Å². The van der Waals surface area contributed by atoms with E-state index in [4.69, 9.17) is 11.6 Å². The average molecular weight is 287 g/mol. The summed E-state index contributed by atoms with van der Waals surface area (Å²) in [4.78, 5) is 2.48. The Morgan fingerprint density at radius 2 is 1.90 bits per heavy atom. The van der Waals surface area contributed by atoms with Gasteiger partial charge in [0.05, 0.1) is 0 Å². The van der Waals surface area contributed by atoms with Crippen molar-refractivity contribution in [2.75, 3.05) is 23.3 Å². The molecule has 0 saturated heterocycles. The number of nitrogens with one attached hydrogen (secondary N) is 1. The van der Waals surface area contributed by atoms with E-state index in [0.717, 1.165) is 30.2 Å². The van der Waals surface area contributed by atoms with Crippen molar-refractivity contribution < 1.29 is 0 Å². The number of benzene rings is 2. The molecule has 1 N–H and O–H groups in total. The predicted molar refractivity (Wildman–Crippen MR) is 86.9 cm³/mol. The standard InChI is InChI=1S/C17H19ClN2/c1-13-12-14-4-2-3-5-17(14)20(13)11-10-19-16-8-6-15(18)7-9-16/h2-9,13,19H,10-12H2,1H3. The molecular weight excluding hydrogens is 268 g/mol. The Kier molecular flexibility index (Phi) is 3.83. The van der Waals surface area contributed by atoms with Crippen LogP contribution in [0.1, 0.15) is 12.5 Å². The molecule has 0 spiro atoms. The zero-order chi connectivity index (χ0) is 13.9. The summed E-state index contributed by atoms with van der Waals surface area (Å²) in [5, 5.41) is 4.23.